The molecule has 0 spiro atoms. The Hall–Kier alpha value is -3.21. The van der Waals surface area contributed by atoms with Gasteiger partial charge in [0.25, 0.3) is 5.91 Å². The zero-order valence-corrected chi connectivity index (χ0v) is 15.2. The second-order valence-electron chi connectivity index (χ2n) is 6.22. The van der Waals surface area contributed by atoms with E-state index in [-0.39, 0.29) is 5.91 Å². The van der Waals surface area contributed by atoms with Crippen LogP contribution in [0.2, 0.25) is 0 Å². The van der Waals surface area contributed by atoms with Crippen LogP contribution >= 0.6 is 0 Å². The highest BCUT2D eigenvalue weighted by molar-refractivity contribution is 6.03. The average molecular weight is 346 g/mol. The zero-order valence-electron chi connectivity index (χ0n) is 15.2. The minimum Gasteiger partial charge on any atom is -0.324 e. The number of nitrogens with zero attached hydrogens (tertiary/aromatic N) is 2. The van der Waals surface area contributed by atoms with Crippen molar-refractivity contribution in [3.05, 3.63) is 77.1 Å². The molecule has 132 valence electrons. The van der Waals surface area contributed by atoms with Gasteiger partial charge in [0.2, 0.25) is 5.95 Å². The van der Waals surface area contributed by atoms with Crippen molar-refractivity contribution in [3.8, 4) is 0 Å². The minimum absolute atomic E-state index is 0.230. The lowest BCUT2D eigenvalue weighted by Gasteiger charge is -2.08. The maximum absolute atomic E-state index is 12.3. The fourth-order valence-corrected chi connectivity index (χ4v) is 2.49. The van der Waals surface area contributed by atoms with Crippen LogP contribution in [0.5, 0.6) is 0 Å². The Morgan fingerprint density at radius 2 is 1.58 bits per heavy atom. The largest absolute Gasteiger partial charge is 0.324 e. The van der Waals surface area contributed by atoms with Crippen molar-refractivity contribution < 1.29 is 4.79 Å². The summed E-state index contributed by atoms with van der Waals surface area (Å²) in [4.78, 5) is 20.8. The molecule has 0 aliphatic heterocycles. The van der Waals surface area contributed by atoms with Gasteiger partial charge in [-0.05, 0) is 61.2 Å². The van der Waals surface area contributed by atoms with Gasteiger partial charge in [-0.15, -0.1) is 0 Å². The molecule has 0 saturated heterocycles. The van der Waals surface area contributed by atoms with Crippen LogP contribution in [0, 0.1) is 13.8 Å². The van der Waals surface area contributed by atoms with E-state index in [0.717, 1.165) is 23.4 Å². The van der Waals surface area contributed by atoms with Crippen LogP contribution in [-0.4, -0.2) is 15.9 Å². The van der Waals surface area contributed by atoms with E-state index in [0.29, 0.717) is 11.5 Å². The summed E-state index contributed by atoms with van der Waals surface area (Å²) in [7, 11) is 0. The molecule has 0 saturated carbocycles. The standard InChI is InChI=1S/C21H22N4O/c1-4-16-6-9-18(10-7-16)25-21-22-12-17(13-23-21)20(26)24-19-8-5-14(2)15(3)11-19/h5-13H,4H2,1-3H3,(H,24,26)(H,22,23,25). The third-order valence-corrected chi connectivity index (χ3v) is 4.30. The smallest absolute Gasteiger partial charge is 0.258 e. The molecule has 26 heavy (non-hydrogen) atoms. The number of amides is 1. The number of carbonyl (C=O) groups excluding carboxylic acids is 1. The first-order valence-electron chi connectivity index (χ1n) is 8.62. The van der Waals surface area contributed by atoms with Gasteiger partial charge in [-0.2, -0.15) is 0 Å². The van der Waals surface area contributed by atoms with E-state index in [1.165, 1.54) is 23.5 Å². The molecule has 0 aliphatic carbocycles. The normalized spacial score (nSPS) is 10.4. The van der Waals surface area contributed by atoms with E-state index in [9.17, 15) is 4.79 Å². The Balaban J connectivity index is 1.66. The van der Waals surface area contributed by atoms with E-state index >= 15 is 0 Å². The molecule has 1 amide bonds. The Morgan fingerprint density at radius 3 is 2.19 bits per heavy atom. The summed E-state index contributed by atoms with van der Waals surface area (Å²) < 4.78 is 0. The molecule has 5 nitrogen and oxygen atoms in total. The number of benzene rings is 2. The molecule has 3 rings (SSSR count). The Labute approximate surface area is 153 Å². The van der Waals surface area contributed by atoms with Gasteiger partial charge in [0, 0.05) is 23.8 Å². The topological polar surface area (TPSA) is 66.9 Å². The number of hydrogen-bond acceptors (Lipinski definition) is 4. The number of aryl methyl sites for hydroxylation is 3. The van der Waals surface area contributed by atoms with Gasteiger partial charge in [-0.3, -0.25) is 4.79 Å². The minimum atomic E-state index is -0.230. The number of aromatic nitrogens is 2. The summed E-state index contributed by atoms with van der Waals surface area (Å²) >= 11 is 0. The lowest BCUT2D eigenvalue weighted by atomic mass is 10.1. The monoisotopic (exact) mass is 346 g/mol. The first-order valence-corrected chi connectivity index (χ1v) is 8.62. The first-order chi connectivity index (χ1) is 12.5. The second-order valence-corrected chi connectivity index (χ2v) is 6.22. The summed E-state index contributed by atoms with van der Waals surface area (Å²) in [6.07, 6.45) is 4.04. The summed E-state index contributed by atoms with van der Waals surface area (Å²) in [5.74, 6) is 0.226. The van der Waals surface area contributed by atoms with Gasteiger partial charge in [-0.25, -0.2) is 9.97 Å². The number of carbonyl (C=O) groups is 1. The van der Waals surface area contributed by atoms with Gasteiger partial charge >= 0.3 is 0 Å². The summed E-state index contributed by atoms with van der Waals surface area (Å²) in [6, 6.07) is 13.9. The molecule has 0 atom stereocenters. The fraction of sp³-hybridized carbons (Fsp3) is 0.190. The quantitative estimate of drug-likeness (QED) is 0.705. The van der Waals surface area contributed by atoms with Gasteiger partial charge in [0.1, 0.15) is 0 Å². The van der Waals surface area contributed by atoms with E-state index in [1.807, 2.05) is 44.2 Å². The summed E-state index contributed by atoms with van der Waals surface area (Å²) in [5.41, 5.74) is 5.68. The van der Waals surface area contributed by atoms with E-state index < -0.39 is 0 Å². The maximum Gasteiger partial charge on any atom is 0.258 e. The molecule has 1 aromatic heterocycles. The van der Waals surface area contributed by atoms with Crippen molar-refractivity contribution >= 4 is 23.2 Å². The molecule has 2 N–H and O–H groups in total. The van der Waals surface area contributed by atoms with E-state index in [4.69, 9.17) is 0 Å². The molecule has 0 fully saturated rings. The van der Waals surface area contributed by atoms with Crippen LogP contribution in [0.4, 0.5) is 17.3 Å². The highest BCUT2D eigenvalue weighted by Crippen LogP contribution is 2.16. The molecular formula is C21H22N4O. The molecule has 1 heterocycles. The summed E-state index contributed by atoms with van der Waals surface area (Å²) in [5, 5.41) is 6.00. The third-order valence-electron chi connectivity index (χ3n) is 4.30. The molecule has 5 heteroatoms. The Morgan fingerprint density at radius 1 is 0.923 bits per heavy atom. The molecule has 3 aromatic rings. The van der Waals surface area contributed by atoms with Gasteiger partial charge in [0.15, 0.2) is 0 Å². The highest BCUT2D eigenvalue weighted by atomic mass is 16.1. The number of hydrogen-bond donors (Lipinski definition) is 2. The van der Waals surface area contributed by atoms with Crippen LogP contribution < -0.4 is 10.6 Å². The third kappa shape index (κ3) is 4.25. The average Bonchev–Trinajstić information content (AvgIpc) is 2.66. The van der Waals surface area contributed by atoms with Gasteiger partial charge in [-0.1, -0.05) is 25.1 Å². The molecule has 0 radical (unpaired) electrons. The lowest BCUT2D eigenvalue weighted by molar-refractivity contribution is 0.102. The summed E-state index contributed by atoms with van der Waals surface area (Å²) in [6.45, 7) is 6.17. The van der Waals surface area contributed by atoms with E-state index in [1.54, 1.807) is 0 Å². The number of nitrogens with one attached hydrogen (secondary N) is 2. The lowest BCUT2D eigenvalue weighted by Crippen LogP contribution is -2.13. The predicted molar refractivity (Wildman–Crippen MR) is 105 cm³/mol. The second kappa shape index (κ2) is 7.78. The van der Waals surface area contributed by atoms with Crippen molar-refractivity contribution in [1.29, 1.82) is 0 Å². The van der Waals surface area contributed by atoms with Crippen molar-refractivity contribution in [2.45, 2.75) is 27.2 Å². The first kappa shape index (κ1) is 17.6. The Bertz CT molecular complexity index is 902. The van der Waals surface area contributed by atoms with Crippen LogP contribution in [-0.2, 0) is 6.42 Å². The van der Waals surface area contributed by atoms with Gasteiger partial charge < -0.3 is 10.6 Å². The van der Waals surface area contributed by atoms with Crippen molar-refractivity contribution in [1.82, 2.24) is 9.97 Å². The van der Waals surface area contributed by atoms with Gasteiger partial charge in [0.05, 0.1) is 5.56 Å². The Kier molecular flexibility index (Phi) is 5.27. The zero-order chi connectivity index (χ0) is 18.5. The van der Waals surface area contributed by atoms with Crippen LogP contribution in [0.15, 0.2) is 54.9 Å². The maximum atomic E-state index is 12.3. The van der Waals surface area contributed by atoms with Crippen molar-refractivity contribution in [2.75, 3.05) is 10.6 Å². The van der Waals surface area contributed by atoms with Crippen LogP contribution in [0.1, 0.15) is 34.0 Å². The predicted octanol–water partition coefficient (Wildman–Crippen LogP) is 4.65. The molecular weight excluding hydrogens is 324 g/mol. The fourth-order valence-electron chi connectivity index (χ4n) is 2.49. The van der Waals surface area contributed by atoms with Crippen LogP contribution in [0.3, 0.4) is 0 Å². The van der Waals surface area contributed by atoms with Crippen LogP contribution in [0.25, 0.3) is 0 Å². The number of anilines is 3. The van der Waals surface area contributed by atoms with E-state index in [2.05, 4.69) is 39.7 Å². The molecule has 0 aliphatic rings. The number of rotatable bonds is 5. The van der Waals surface area contributed by atoms with Crippen molar-refractivity contribution in [3.63, 3.8) is 0 Å². The van der Waals surface area contributed by atoms with Crippen molar-refractivity contribution in [2.24, 2.45) is 0 Å². The molecule has 0 unspecified atom stereocenters. The SMILES string of the molecule is CCc1ccc(Nc2ncc(C(=O)Nc3ccc(C)c(C)c3)cn2)cc1. The molecule has 2 aromatic carbocycles. The highest BCUT2D eigenvalue weighted by Gasteiger charge is 2.08. The molecule has 0 bridgehead atoms.